The Kier molecular flexibility index (Phi) is 4.94. The van der Waals surface area contributed by atoms with Gasteiger partial charge in [-0.15, -0.1) is 22.9 Å². The van der Waals surface area contributed by atoms with E-state index in [1.165, 1.54) is 11.8 Å². The van der Waals surface area contributed by atoms with E-state index < -0.39 is 0 Å². The highest BCUT2D eigenvalue weighted by molar-refractivity contribution is 7.99. The Bertz CT molecular complexity index is 572. The lowest BCUT2D eigenvalue weighted by atomic mass is 10.5. The third-order valence-electron chi connectivity index (χ3n) is 2.10. The first-order valence-electron chi connectivity index (χ1n) is 5.41. The molecule has 0 fully saturated rings. The zero-order valence-corrected chi connectivity index (χ0v) is 11.6. The molecular formula is C11H11N5OS2. The van der Waals surface area contributed by atoms with Crippen LogP contribution in [-0.4, -0.2) is 38.4 Å². The molecule has 2 aromatic rings. The van der Waals surface area contributed by atoms with Gasteiger partial charge in [0.05, 0.1) is 18.8 Å². The van der Waals surface area contributed by atoms with E-state index in [1.54, 1.807) is 16.0 Å². The minimum Gasteiger partial charge on any atom is -0.344 e. The summed E-state index contributed by atoms with van der Waals surface area (Å²) in [6.07, 6.45) is 5.06. The van der Waals surface area contributed by atoms with Crippen LogP contribution in [0.4, 0.5) is 0 Å². The first-order valence-corrected chi connectivity index (χ1v) is 7.27. The summed E-state index contributed by atoms with van der Waals surface area (Å²) in [5, 5.41) is 16.6. The minimum atomic E-state index is -0.131. The molecule has 0 aliphatic carbocycles. The molecule has 0 saturated heterocycles. The van der Waals surface area contributed by atoms with Crippen LogP contribution < -0.4 is 5.32 Å². The van der Waals surface area contributed by atoms with Crippen molar-refractivity contribution in [1.82, 2.24) is 25.5 Å². The number of carbonyl (C=O) groups excluding carboxylic acids is 1. The molecule has 19 heavy (non-hydrogen) atoms. The number of carbonyl (C=O) groups is 1. The second-order valence-corrected chi connectivity index (χ2v) is 5.44. The first-order chi connectivity index (χ1) is 9.29. The monoisotopic (exact) mass is 293 g/mol. The maximum Gasteiger partial charge on any atom is 0.231 e. The van der Waals surface area contributed by atoms with Crippen LogP contribution >= 0.6 is 23.1 Å². The normalized spacial score (nSPS) is 10.1. The van der Waals surface area contributed by atoms with Crippen molar-refractivity contribution in [1.29, 1.82) is 0 Å². The Morgan fingerprint density at radius 3 is 3.26 bits per heavy atom. The van der Waals surface area contributed by atoms with E-state index in [0.29, 0.717) is 11.7 Å². The predicted molar refractivity (Wildman–Crippen MR) is 73.8 cm³/mol. The second kappa shape index (κ2) is 6.92. The van der Waals surface area contributed by atoms with Crippen molar-refractivity contribution >= 4 is 29.0 Å². The number of nitrogens with zero attached hydrogens (tertiary/aromatic N) is 4. The van der Waals surface area contributed by atoms with Gasteiger partial charge in [-0.25, -0.2) is 4.68 Å². The van der Waals surface area contributed by atoms with Crippen LogP contribution in [-0.2, 0) is 11.3 Å². The zero-order chi connectivity index (χ0) is 13.5. The Morgan fingerprint density at radius 2 is 2.53 bits per heavy atom. The summed E-state index contributed by atoms with van der Waals surface area (Å²) in [7, 11) is 0. The van der Waals surface area contributed by atoms with Crippen molar-refractivity contribution in [2.75, 3.05) is 12.3 Å². The number of hydrogen-bond donors (Lipinski definition) is 1. The average Bonchev–Trinajstić information content (AvgIpc) is 3.06. The van der Waals surface area contributed by atoms with E-state index >= 15 is 0 Å². The molecular weight excluding hydrogens is 282 g/mol. The highest BCUT2D eigenvalue weighted by Gasteiger charge is 2.10. The molecule has 0 aromatic carbocycles. The lowest BCUT2D eigenvalue weighted by Gasteiger charge is -2.02. The van der Waals surface area contributed by atoms with Crippen LogP contribution in [0.1, 0.15) is 4.88 Å². The summed E-state index contributed by atoms with van der Waals surface area (Å²) >= 11 is 2.92. The molecule has 6 nitrogen and oxygen atoms in total. The van der Waals surface area contributed by atoms with Crippen LogP contribution in [0.25, 0.3) is 0 Å². The van der Waals surface area contributed by atoms with E-state index in [-0.39, 0.29) is 18.2 Å². The molecule has 8 heteroatoms. The van der Waals surface area contributed by atoms with Gasteiger partial charge in [-0.3, -0.25) is 4.79 Å². The van der Waals surface area contributed by atoms with Crippen LogP contribution in [0.2, 0.25) is 0 Å². The molecule has 0 atom stereocenters. The molecule has 0 saturated carbocycles. The number of thioether (sulfide) groups is 1. The molecule has 0 spiro atoms. The van der Waals surface area contributed by atoms with Gasteiger partial charge in [-0.05, 0) is 21.9 Å². The molecule has 2 aromatic heterocycles. The maximum absolute atomic E-state index is 11.4. The number of aromatic nitrogens is 4. The number of tetrazole rings is 1. The topological polar surface area (TPSA) is 72.7 Å². The van der Waals surface area contributed by atoms with Crippen molar-refractivity contribution in [3.8, 4) is 12.3 Å². The fourth-order valence-corrected chi connectivity index (χ4v) is 2.67. The van der Waals surface area contributed by atoms with Crippen LogP contribution in [0.15, 0.2) is 22.7 Å². The summed E-state index contributed by atoms with van der Waals surface area (Å²) in [5.74, 6) is 2.46. The van der Waals surface area contributed by atoms with Crippen molar-refractivity contribution in [2.45, 2.75) is 11.7 Å². The summed E-state index contributed by atoms with van der Waals surface area (Å²) < 4.78 is 1.67. The van der Waals surface area contributed by atoms with Gasteiger partial charge in [-0.2, -0.15) is 0 Å². The largest absolute Gasteiger partial charge is 0.344 e. The van der Waals surface area contributed by atoms with Gasteiger partial charge in [0.25, 0.3) is 0 Å². The van der Waals surface area contributed by atoms with E-state index in [1.807, 2.05) is 17.5 Å². The lowest BCUT2D eigenvalue weighted by Crippen LogP contribution is -2.25. The molecule has 0 aliphatic rings. The number of rotatable bonds is 6. The number of thiophene rings is 1. The van der Waals surface area contributed by atoms with Crippen molar-refractivity contribution in [3.63, 3.8) is 0 Å². The molecule has 0 radical (unpaired) electrons. The van der Waals surface area contributed by atoms with Gasteiger partial charge in [0.1, 0.15) is 0 Å². The number of nitrogens with one attached hydrogen (secondary N) is 1. The Balaban J connectivity index is 1.89. The smallest absolute Gasteiger partial charge is 0.231 e. The zero-order valence-electron chi connectivity index (χ0n) is 9.94. The van der Waals surface area contributed by atoms with Crippen molar-refractivity contribution in [3.05, 3.63) is 22.4 Å². The molecule has 1 amide bonds. The number of terminal acetylenes is 1. The van der Waals surface area contributed by atoms with Gasteiger partial charge in [0, 0.05) is 4.88 Å². The summed E-state index contributed by atoms with van der Waals surface area (Å²) in [5.41, 5.74) is 0. The second-order valence-electron chi connectivity index (χ2n) is 3.47. The number of hydrogen-bond acceptors (Lipinski definition) is 6. The lowest BCUT2D eigenvalue weighted by molar-refractivity contribution is -0.118. The first kappa shape index (κ1) is 13.6. The van der Waals surface area contributed by atoms with E-state index in [9.17, 15) is 4.79 Å². The SMILES string of the molecule is C#CCNC(=O)CSc1nnnn1Cc1cccs1. The third-order valence-corrected chi connectivity index (χ3v) is 3.92. The highest BCUT2D eigenvalue weighted by Crippen LogP contribution is 2.16. The van der Waals surface area contributed by atoms with Crippen LogP contribution in [0.5, 0.6) is 0 Å². The molecule has 0 unspecified atom stereocenters. The Morgan fingerprint density at radius 1 is 1.63 bits per heavy atom. The van der Waals surface area contributed by atoms with E-state index in [2.05, 4.69) is 26.8 Å². The van der Waals surface area contributed by atoms with Crippen LogP contribution in [0.3, 0.4) is 0 Å². The fraction of sp³-hybridized carbons (Fsp3) is 0.273. The van der Waals surface area contributed by atoms with Crippen molar-refractivity contribution < 1.29 is 4.79 Å². The molecule has 2 rings (SSSR count). The standard InChI is InChI=1S/C11H11N5OS2/c1-2-5-12-10(17)8-19-11-13-14-15-16(11)7-9-4-3-6-18-9/h1,3-4,6H,5,7-8H2,(H,12,17). The van der Waals surface area contributed by atoms with E-state index in [4.69, 9.17) is 6.42 Å². The molecule has 98 valence electrons. The molecule has 0 aliphatic heterocycles. The third kappa shape index (κ3) is 4.08. The molecule has 2 heterocycles. The molecule has 0 bridgehead atoms. The highest BCUT2D eigenvalue weighted by atomic mass is 32.2. The fourth-order valence-electron chi connectivity index (χ4n) is 1.28. The Hall–Kier alpha value is -1.85. The van der Waals surface area contributed by atoms with Gasteiger partial charge < -0.3 is 5.32 Å². The minimum absolute atomic E-state index is 0.131. The van der Waals surface area contributed by atoms with Gasteiger partial charge in [0.2, 0.25) is 11.1 Å². The van der Waals surface area contributed by atoms with E-state index in [0.717, 1.165) is 4.88 Å². The average molecular weight is 293 g/mol. The summed E-state index contributed by atoms with van der Waals surface area (Å²) in [4.78, 5) is 12.6. The summed E-state index contributed by atoms with van der Waals surface area (Å²) in [6, 6.07) is 3.99. The predicted octanol–water partition coefficient (Wildman–Crippen LogP) is 0.624. The summed E-state index contributed by atoms with van der Waals surface area (Å²) in [6.45, 7) is 0.846. The van der Waals surface area contributed by atoms with Gasteiger partial charge in [-0.1, -0.05) is 23.7 Å². The van der Waals surface area contributed by atoms with Crippen molar-refractivity contribution in [2.24, 2.45) is 0 Å². The van der Waals surface area contributed by atoms with Gasteiger partial charge >= 0.3 is 0 Å². The van der Waals surface area contributed by atoms with Gasteiger partial charge in [0.15, 0.2) is 0 Å². The number of amides is 1. The quantitative estimate of drug-likeness (QED) is 0.624. The molecule has 1 N–H and O–H groups in total. The van der Waals surface area contributed by atoms with Crippen LogP contribution in [0, 0.1) is 12.3 Å². The Labute approximate surface area is 118 Å². The maximum atomic E-state index is 11.4.